The van der Waals surface area contributed by atoms with E-state index in [1.807, 2.05) is 6.07 Å². The minimum Gasteiger partial charge on any atom is -0.808 e. The summed E-state index contributed by atoms with van der Waals surface area (Å²) < 4.78 is 10.7. The summed E-state index contributed by atoms with van der Waals surface area (Å²) in [4.78, 5) is 26.0. The van der Waals surface area contributed by atoms with Gasteiger partial charge < -0.3 is 19.2 Å². The van der Waals surface area contributed by atoms with E-state index in [4.69, 9.17) is 0 Å². The second kappa shape index (κ2) is 3.77. The number of oxime groups is 1. The predicted octanol–water partition coefficient (Wildman–Crippen LogP) is 0.0508. The van der Waals surface area contributed by atoms with Crippen molar-refractivity contribution in [2.45, 2.75) is 12.3 Å². The number of hydrogen-bond donors (Lipinski definition) is 0. The van der Waals surface area contributed by atoms with E-state index in [0.29, 0.717) is 5.71 Å². The molecule has 1 unspecified atom stereocenters. The summed E-state index contributed by atoms with van der Waals surface area (Å²) in [6.07, 6.45) is 0.0221. The molecule has 6 heteroatoms. The van der Waals surface area contributed by atoms with Crippen LogP contribution in [-0.4, -0.2) is 11.6 Å². The first-order chi connectivity index (χ1) is 7.07. The lowest BCUT2D eigenvalue weighted by Gasteiger charge is -2.33. The first-order valence-electron chi connectivity index (χ1n) is 4.37. The van der Waals surface area contributed by atoms with E-state index >= 15 is 0 Å². The monoisotopic (exact) mass is 225 g/mol. The third kappa shape index (κ3) is 2.26. The molecule has 0 aliphatic carbocycles. The first-order valence-corrected chi connectivity index (χ1v) is 5.98. The average molecular weight is 225 g/mol. The molecule has 1 aliphatic rings. The smallest absolute Gasteiger partial charge is 0.158 e. The van der Waals surface area contributed by atoms with Crippen LogP contribution in [0.4, 0.5) is 0 Å². The van der Waals surface area contributed by atoms with E-state index in [1.54, 1.807) is 24.3 Å². The molecule has 0 bridgehead atoms. The van der Waals surface area contributed by atoms with Crippen molar-refractivity contribution in [3.05, 3.63) is 35.9 Å². The lowest BCUT2D eigenvalue weighted by Crippen LogP contribution is -2.26. The molecular weight excluding hydrogens is 217 g/mol. The van der Waals surface area contributed by atoms with Gasteiger partial charge in [0.1, 0.15) is 0 Å². The number of nitrogens with zero attached hydrogens (tertiary/aromatic N) is 1. The van der Waals surface area contributed by atoms with Crippen molar-refractivity contribution in [3.63, 3.8) is 0 Å². The molecule has 5 nitrogen and oxygen atoms in total. The standard InChI is InChI=1S/C9H10NO4P/c11-15(12,13)9-6-8(10-14-9)7-4-2-1-3-5-7/h1-5,9H,6H2,(H2,11,12,13)/p-2. The summed E-state index contributed by atoms with van der Waals surface area (Å²) in [7, 11) is -4.71. The van der Waals surface area contributed by atoms with E-state index < -0.39 is 13.4 Å². The summed E-state index contributed by atoms with van der Waals surface area (Å²) in [5.41, 5.74) is 1.26. The van der Waals surface area contributed by atoms with Crippen LogP contribution in [0.15, 0.2) is 35.5 Å². The quantitative estimate of drug-likeness (QED) is 0.665. The predicted molar refractivity (Wildman–Crippen MR) is 50.1 cm³/mol. The highest BCUT2D eigenvalue weighted by atomic mass is 31.2. The molecule has 0 amide bonds. The molecule has 0 N–H and O–H groups in total. The Morgan fingerprint density at radius 2 is 2.00 bits per heavy atom. The molecule has 1 aliphatic heterocycles. The van der Waals surface area contributed by atoms with Crippen LogP contribution in [-0.2, 0) is 9.40 Å². The first kappa shape index (κ1) is 10.4. The minimum atomic E-state index is -4.71. The minimum absolute atomic E-state index is 0.0221. The second-order valence-corrected chi connectivity index (χ2v) is 4.86. The maximum atomic E-state index is 10.7. The number of rotatable bonds is 2. The van der Waals surface area contributed by atoms with Crippen LogP contribution < -0.4 is 9.79 Å². The Labute approximate surface area is 86.5 Å². The maximum absolute atomic E-state index is 10.7. The molecule has 1 aromatic carbocycles. The van der Waals surface area contributed by atoms with Gasteiger partial charge in [0.15, 0.2) is 5.85 Å². The molecule has 1 heterocycles. The van der Waals surface area contributed by atoms with Gasteiger partial charge in [-0.2, -0.15) is 0 Å². The molecule has 0 saturated heterocycles. The van der Waals surface area contributed by atoms with E-state index in [2.05, 4.69) is 9.99 Å². The average Bonchev–Trinajstić information content (AvgIpc) is 2.67. The van der Waals surface area contributed by atoms with Crippen LogP contribution in [0.25, 0.3) is 0 Å². The summed E-state index contributed by atoms with van der Waals surface area (Å²) in [5.74, 6) is -1.35. The molecule has 0 fully saturated rings. The lowest BCUT2D eigenvalue weighted by atomic mass is 10.1. The molecule has 0 radical (unpaired) electrons. The highest BCUT2D eigenvalue weighted by Crippen LogP contribution is 2.38. The third-order valence-corrected chi connectivity index (χ3v) is 3.09. The highest BCUT2D eigenvalue weighted by molar-refractivity contribution is 7.49. The van der Waals surface area contributed by atoms with Gasteiger partial charge in [0.05, 0.1) is 5.71 Å². The highest BCUT2D eigenvalue weighted by Gasteiger charge is 2.24. The van der Waals surface area contributed by atoms with E-state index in [1.165, 1.54) is 0 Å². The Balaban J connectivity index is 2.14. The Morgan fingerprint density at radius 3 is 2.53 bits per heavy atom. The number of hydrogen-bond acceptors (Lipinski definition) is 5. The third-order valence-electron chi connectivity index (χ3n) is 2.11. The van der Waals surface area contributed by atoms with Gasteiger partial charge in [0.25, 0.3) is 0 Å². The fourth-order valence-corrected chi connectivity index (χ4v) is 1.89. The van der Waals surface area contributed by atoms with E-state index in [-0.39, 0.29) is 6.42 Å². The molecule has 0 saturated carbocycles. The van der Waals surface area contributed by atoms with Gasteiger partial charge in [-0.05, 0) is 13.2 Å². The van der Waals surface area contributed by atoms with Crippen LogP contribution in [0.2, 0.25) is 0 Å². The van der Waals surface area contributed by atoms with Gasteiger partial charge in [-0.25, -0.2) is 0 Å². The maximum Gasteiger partial charge on any atom is 0.158 e. The normalized spacial score (nSPS) is 20.9. The zero-order chi connectivity index (χ0) is 10.9. The largest absolute Gasteiger partial charge is 0.808 e. The van der Waals surface area contributed by atoms with Gasteiger partial charge in [0, 0.05) is 6.42 Å². The van der Waals surface area contributed by atoms with Crippen molar-refractivity contribution in [2.24, 2.45) is 5.16 Å². The van der Waals surface area contributed by atoms with Crippen LogP contribution in [0.1, 0.15) is 12.0 Å². The molecule has 15 heavy (non-hydrogen) atoms. The van der Waals surface area contributed by atoms with E-state index in [9.17, 15) is 14.4 Å². The van der Waals surface area contributed by atoms with Gasteiger partial charge in [-0.15, -0.1) is 0 Å². The Bertz CT molecular complexity index is 425. The summed E-state index contributed by atoms with van der Waals surface area (Å²) in [6, 6.07) is 9.01. The van der Waals surface area contributed by atoms with Crippen molar-refractivity contribution in [3.8, 4) is 0 Å². The summed E-state index contributed by atoms with van der Waals surface area (Å²) in [5, 5.41) is 3.60. The molecule has 80 valence electrons. The summed E-state index contributed by atoms with van der Waals surface area (Å²) in [6.45, 7) is 0. The molecular formula is C9H8NO4P-2. The van der Waals surface area contributed by atoms with Crippen molar-refractivity contribution in [1.82, 2.24) is 0 Å². The molecule has 0 aromatic heterocycles. The van der Waals surface area contributed by atoms with Crippen molar-refractivity contribution in [1.29, 1.82) is 0 Å². The second-order valence-electron chi connectivity index (χ2n) is 3.21. The zero-order valence-corrected chi connectivity index (χ0v) is 8.59. The molecule has 2 rings (SSSR count). The number of benzene rings is 1. The fourth-order valence-electron chi connectivity index (χ4n) is 1.34. The van der Waals surface area contributed by atoms with E-state index in [0.717, 1.165) is 5.56 Å². The molecule has 1 aromatic rings. The fraction of sp³-hybridized carbons (Fsp3) is 0.222. The van der Waals surface area contributed by atoms with Crippen LogP contribution in [0, 0.1) is 0 Å². The van der Waals surface area contributed by atoms with Gasteiger partial charge in [-0.3, -0.25) is 0 Å². The summed E-state index contributed by atoms with van der Waals surface area (Å²) >= 11 is 0. The van der Waals surface area contributed by atoms with Crippen molar-refractivity contribution < 1.29 is 19.2 Å². The van der Waals surface area contributed by atoms with Gasteiger partial charge in [0.2, 0.25) is 0 Å². The SMILES string of the molecule is O=P([O-])([O-])C1CC(c2ccccc2)=NO1. The van der Waals surface area contributed by atoms with Gasteiger partial charge >= 0.3 is 0 Å². The van der Waals surface area contributed by atoms with Crippen LogP contribution in [0.3, 0.4) is 0 Å². The molecule has 0 spiro atoms. The Morgan fingerprint density at radius 1 is 1.33 bits per heavy atom. The van der Waals surface area contributed by atoms with Crippen molar-refractivity contribution in [2.75, 3.05) is 0 Å². The Kier molecular flexibility index (Phi) is 2.61. The van der Waals surface area contributed by atoms with Crippen LogP contribution >= 0.6 is 7.60 Å². The topological polar surface area (TPSA) is 84.8 Å². The Hall–Kier alpha value is -1.16. The molecule has 1 atom stereocenters. The van der Waals surface area contributed by atoms with Gasteiger partial charge in [-0.1, -0.05) is 35.5 Å². The van der Waals surface area contributed by atoms with Crippen molar-refractivity contribution >= 4 is 13.3 Å². The zero-order valence-electron chi connectivity index (χ0n) is 7.70. The van der Waals surface area contributed by atoms with Crippen LogP contribution in [0.5, 0.6) is 0 Å². The lowest BCUT2D eigenvalue weighted by molar-refractivity contribution is -0.323.